The lowest BCUT2D eigenvalue weighted by molar-refractivity contribution is 0.297. The number of halogens is 1. The molecule has 26 heavy (non-hydrogen) atoms. The maximum absolute atomic E-state index is 5.75. The van der Waals surface area contributed by atoms with E-state index in [0.717, 1.165) is 36.1 Å². The molecule has 3 rings (SSSR count). The summed E-state index contributed by atoms with van der Waals surface area (Å²) in [6.07, 6.45) is 0.901. The third kappa shape index (κ3) is 5.79. The fourth-order valence-electron chi connectivity index (χ4n) is 2.55. The molecule has 0 bridgehead atoms. The number of hydrogen-bond acceptors (Lipinski definition) is 3. The van der Waals surface area contributed by atoms with Crippen molar-refractivity contribution in [1.29, 1.82) is 0 Å². The number of fused-ring (bicyclic) bond motifs is 1. The van der Waals surface area contributed by atoms with Crippen molar-refractivity contribution < 1.29 is 9.47 Å². The first-order valence-corrected chi connectivity index (χ1v) is 8.75. The average Bonchev–Trinajstić information content (AvgIpc) is 2.86. The monoisotopic (exact) mass is 467 g/mol. The number of nitrogens with zero attached hydrogens (tertiary/aromatic N) is 1. The third-order valence-corrected chi connectivity index (χ3v) is 3.89. The minimum absolute atomic E-state index is 0. The lowest BCUT2D eigenvalue weighted by Gasteiger charge is -2.13. The summed E-state index contributed by atoms with van der Waals surface area (Å²) in [5.41, 5.74) is 3.36. The summed E-state index contributed by atoms with van der Waals surface area (Å²) >= 11 is 0. The summed E-state index contributed by atoms with van der Waals surface area (Å²) in [5, 5.41) is 6.61. The first kappa shape index (κ1) is 20.4. The molecule has 0 aromatic heterocycles. The van der Waals surface area contributed by atoms with Crippen LogP contribution in [-0.2, 0) is 6.54 Å². The van der Waals surface area contributed by atoms with Crippen LogP contribution in [0.5, 0.6) is 11.5 Å². The number of nitrogens with one attached hydrogen (secondary N) is 2. The standard InChI is InChI=1S/C20H25N3O2.HI/c1-3-21-20(22-14-16-7-5-15(2)6-8-16)23-17-9-10-18-19(13-17)25-12-4-11-24-18;/h5-10,13H,3-4,11-12,14H2,1-2H3,(H2,21,22,23);1H. The Morgan fingerprint density at radius 2 is 1.77 bits per heavy atom. The molecule has 0 saturated carbocycles. The van der Waals surface area contributed by atoms with Gasteiger partial charge in [-0.1, -0.05) is 29.8 Å². The van der Waals surface area contributed by atoms with E-state index in [4.69, 9.17) is 9.47 Å². The quantitative estimate of drug-likeness (QED) is 0.399. The predicted molar refractivity (Wildman–Crippen MR) is 117 cm³/mol. The van der Waals surface area contributed by atoms with E-state index >= 15 is 0 Å². The Morgan fingerprint density at radius 3 is 2.50 bits per heavy atom. The molecule has 0 amide bonds. The molecule has 0 fully saturated rings. The molecule has 1 aliphatic rings. The molecular formula is C20H26IN3O2. The van der Waals surface area contributed by atoms with Crippen LogP contribution in [0.2, 0.25) is 0 Å². The largest absolute Gasteiger partial charge is 0.490 e. The summed E-state index contributed by atoms with van der Waals surface area (Å²) in [6, 6.07) is 14.3. The Balaban J connectivity index is 0.00000243. The molecule has 0 unspecified atom stereocenters. The number of aliphatic imine (C=N–C) groups is 1. The van der Waals surface area contributed by atoms with Crippen LogP contribution in [0.4, 0.5) is 5.69 Å². The lowest BCUT2D eigenvalue weighted by Crippen LogP contribution is -2.30. The van der Waals surface area contributed by atoms with Crippen LogP contribution >= 0.6 is 24.0 Å². The smallest absolute Gasteiger partial charge is 0.196 e. The highest BCUT2D eigenvalue weighted by Gasteiger charge is 2.11. The average molecular weight is 467 g/mol. The number of ether oxygens (including phenoxy) is 2. The van der Waals surface area contributed by atoms with Gasteiger partial charge >= 0.3 is 0 Å². The Labute approximate surface area is 172 Å². The minimum Gasteiger partial charge on any atom is -0.490 e. The van der Waals surface area contributed by atoms with Gasteiger partial charge in [-0.05, 0) is 31.5 Å². The van der Waals surface area contributed by atoms with Gasteiger partial charge in [-0.15, -0.1) is 24.0 Å². The predicted octanol–water partition coefficient (Wildman–Crippen LogP) is 4.35. The SMILES string of the molecule is CCNC(=NCc1ccc(C)cc1)Nc1ccc2c(c1)OCCCO2.I. The van der Waals surface area contributed by atoms with E-state index in [1.54, 1.807) is 0 Å². The van der Waals surface area contributed by atoms with Gasteiger partial charge in [0.25, 0.3) is 0 Å². The zero-order chi connectivity index (χ0) is 17.5. The highest BCUT2D eigenvalue weighted by atomic mass is 127. The van der Waals surface area contributed by atoms with Crippen LogP contribution in [0.15, 0.2) is 47.5 Å². The van der Waals surface area contributed by atoms with Gasteiger partial charge in [-0.2, -0.15) is 0 Å². The number of aryl methyl sites for hydroxylation is 1. The van der Waals surface area contributed by atoms with Crippen molar-refractivity contribution in [3.8, 4) is 11.5 Å². The molecule has 1 aliphatic heterocycles. The van der Waals surface area contributed by atoms with Crippen LogP contribution in [0.1, 0.15) is 24.5 Å². The van der Waals surface area contributed by atoms with E-state index in [-0.39, 0.29) is 24.0 Å². The molecule has 6 heteroatoms. The van der Waals surface area contributed by atoms with Crippen molar-refractivity contribution >= 4 is 35.6 Å². The molecule has 0 radical (unpaired) electrons. The molecule has 1 heterocycles. The van der Waals surface area contributed by atoms with Gasteiger partial charge in [0.2, 0.25) is 0 Å². The van der Waals surface area contributed by atoms with Gasteiger partial charge in [0, 0.05) is 24.7 Å². The maximum Gasteiger partial charge on any atom is 0.196 e. The number of rotatable bonds is 4. The Morgan fingerprint density at radius 1 is 1.04 bits per heavy atom. The molecule has 2 aromatic rings. The van der Waals surface area contributed by atoms with Crippen LogP contribution in [0.25, 0.3) is 0 Å². The second-order valence-corrected chi connectivity index (χ2v) is 6.02. The van der Waals surface area contributed by atoms with E-state index in [2.05, 4.69) is 53.7 Å². The van der Waals surface area contributed by atoms with Crippen LogP contribution < -0.4 is 20.1 Å². The Bertz CT molecular complexity index is 732. The molecule has 2 N–H and O–H groups in total. The van der Waals surface area contributed by atoms with E-state index < -0.39 is 0 Å². The van der Waals surface area contributed by atoms with E-state index in [9.17, 15) is 0 Å². The van der Waals surface area contributed by atoms with E-state index in [1.807, 2.05) is 18.2 Å². The van der Waals surface area contributed by atoms with Crippen molar-refractivity contribution in [1.82, 2.24) is 5.32 Å². The molecule has 2 aromatic carbocycles. The van der Waals surface area contributed by atoms with Crippen molar-refractivity contribution in [3.63, 3.8) is 0 Å². The number of guanidine groups is 1. The molecule has 140 valence electrons. The molecule has 0 aliphatic carbocycles. The van der Waals surface area contributed by atoms with Crippen LogP contribution in [0.3, 0.4) is 0 Å². The summed E-state index contributed by atoms with van der Waals surface area (Å²) in [5.74, 6) is 2.32. The highest BCUT2D eigenvalue weighted by molar-refractivity contribution is 14.0. The Kier molecular flexibility index (Phi) is 8.03. The van der Waals surface area contributed by atoms with Gasteiger partial charge in [0.1, 0.15) is 0 Å². The summed E-state index contributed by atoms with van der Waals surface area (Å²) in [7, 11) is 0. The molecule has 5 nitrogen and oxygen atoms in total. The summed E-state index contributed by atoms with van der Waals surface area (Å²) < 4.78 is 11.4. The zero-order valence-electron chi connectivity index (χ0n) is 15.2. The lowest BCUT2D eigenvalue weighted by atomic mass is 10.1. The zero-order valence-corrected chi connectivity index (χ0v) is 17.6. The summed E-state index contributed by atoms with van der Waals surface area (Å²) in [6.45, 7) is 6.93. The topological polar surface area (TPSA) is 54.9 Å². The number of hydrogen-bond donors (Lipinski definition) is 2. The van der Waals surface area contributed by atoms with E-state index in [0.29, 0.717) is 19.8 Å². The minimum atomic E-state index is 0. The first-order valence-electron chi connectivity index (χ1n) is 8.75. The van der Waals surface area contributed by atoms with Crippen molar-refractivity contribution in [2.24, 2.45) is 4.99 Å². The molecular weight excluding hydrogens is 441 g/mol. The van der Waals surface area contributed by atoms with Crippen molar-refractivity contribution in [2.45, 2.75) is 26.8 Å². The Hall–Kier alpha value is -1.96. The second kappa shape index (κ2) is 10.3. The van der Waals surface area contributed by atoms with Crippen molar-refractivity contribution in [3.05, 3.63) is 53.6 Å². The van der Waals surface area contributed by atoms with Gasteiger partial charge < -0.3 is 20.1 Å². The fourth-order valence-corrected chi connectivity index (χ4v) is 2.55. The van der Waals surface area contributed by atoms with Gasteiger partial charge in [0.05, 0.1) is 19.8 Å². The van der Waals surface area contributed by atoms with Gasteiger partial charge in [0.15, 0.2) is 17.5 Å². The summed E-state index contributed by atoms with van der Waals surface area (Å²) in [4.78, 5) is 4.66. The fraction of sp³-hybridized carbons (Fsp3) is 0.350. The molecule has 0 spiro atoms. The number of anilines is 1. The molecule has 0 saturated heterocycles. The first-order chi connectivity index (χ1) is 12.2. The van der Waals surface area contributed by atoms with Crippen molar-refractivity contribution in [2.75, 3.05) is 25.1 Å². The normalized spacial score (nSPS) is 13.4. The highest BCUT2D eigenvalue weighted by Crippen LogP contribution is 2.32. The number of benzene rings is 2. The maximum atomic E-state index is 5.75. The van der Waals surface area contributed by atoms with Crippen LogP contribution in [-0.4, -0.2) is 25.7 Å². The molecule has 0 atom stereocenters. The van der Waals surface area contributed by atoms with Gasteiger partial charge in [-0.3, -0.25) is 0 Å². The third-order valence-electron chi connectivity index (χ3n) is 3.89. The van der Waals surface area contributed by atoms with Gasteiger partial charge in [-0.25, -0.2) is 4.99 Å². The van der Waals surface area contributed by atoms with E-state index in [1.165, 1.54) is 11.1 Å². The second-order valence-electron chi connectivity index (χ2n) is 6.02. The van der Waals surface area contributed by atoms with Crippen LogP contribution in [0, 0.1) is 6.92 Å².